The number of hydrogen-bond acceptors (Lipinski definition) is 4. The number of carbonyl (C=O) groups excluding carboxylic acids is 1. The van der Waals surface area contributed by atoms with Gasteiger partial charge in [-0.2, -0.15) is 0 Å². The van der Waals surface area contributed by atoms with E-state index in [1.807, 2.05) is 72.8 Å². The van der Waals surface area contributed by atoms with E-state index in [0.717, 1.165) is 21.5 Å². The minimum atomic E-state index is -2.87. The van der Waals surface area contributed by atoms with E-state index in [1.54, 1.807) is 4.90 Å². The maximum Gasteiger partial charge on any atom is 0.261 e. The Labute approximate surface area is 250 Å². The lowest BCUT2D eigenvalue weighted by molar-refractivity contribution is -0.131. The van der Waals surface area contributed by atoms with E-state index in [4.69, 9.17) is 9.16 Å². The SMILES string of the molecule is CC(C)(C)[Si](OC[C@@H](O)[C@H]1[C@@H](OCc2ccccc2)CC(=O)N1Cc1ccccc1)(c1ccccc1)c1ccccc1. The van der Waals surface area contributed by atoms with E-state index in [1.165, 1.54) is 0 Å². The van der Waals surface area contributed by atoms with E-state index in [2.05, 4.69) is 69.3 Å². The van der Waals surface area contributed by atoms with Gasteiger partial charge in [-0.3, -0.25) is 4.79 Å². The maximum absolute atomic E-state index is 13.4. The lowest BCUT2D eigenvalue weighted by Crippen LogP contribution is -2.67. The van der Waals surface area contributed by atoms with Crippen LogP contribution in [-0.2, 0) is 27.1 Å². The number of benzene rings is 4. The molecule has 1 fully saturated rings. The van der Waals surface area contributed by atoms with Crippen LogP contribution in [0, 0.1) is 0 Å². The average molecular weight is 580 g/mol. The molecule has 1 amide bonds. The van der Waals surface area contributed by atoms with Crippen molar-refractivity contribution in [3.63, 3.8) is 0 Å². The van der Waals surface area contributed by atoms with E-state index in [0.29, 0.717) is 13.2 Å². The number of aliphatic hydroxyl groups is 1. The highest BCUT2D eigenvalue weighted by Crippen LogP contribution is 2.37. The molecule has 218 valence electrons. The summed E-state index contributed by atoms with van der Waals surface area (Å²) in [4.78, 5) is 15.2. The topological polar surface area (TPSA) is 59.0 Å². The van der Waals surface area contributed by atoms with Gasteiger partial charge >= 0.3 is 0 Å². The molecule has 0 saturated carbocycles. The number of nitrogens with zero attached hydrogens (tertiary/aromatic N) is 1. The number of likely N-dealkylation sites (tertiary alicyclic amines) is 1. The van der Waals surface area contributed by atoms with Gasteiger partial charge in [-0.15, -0.1) is 0 Å². The van der Waals surface area contributed by atoms with Gasteiger partial charge in [0.15, 0.2) is 0 Å². The second-order valence-electron chi connectivity index (χ2n) is 12.1. The van der Waals surface area contributed by atoms with Crippen molar-refractivity contribution in [2.24, 2.45) is 0 Å². The van der Waals surface area contributed by atoms with Gasteiger partial charge in [0.25, 0.3) is 8.32 Å². The molecule has 5 nitrogen and oxygen atoms in total. The summed E-state index contributed by atoms with van der Waals surface area (Å²) in [6, 6.07) is 40.1. The van der Waals surface area contributed by atoms with Gasteiger partial charge in [-0.05, 0) is 26.5 Å². The number of amides is 1. The van der Waals surface area contributed by atoms with Gasteiger partial charge < -0.3 is 19.2 Å². The number of rotatable bonds is 11. The summed E-state index contributed by atoms with van der Waals surface area (Å²) in [7, 11) is -2.87. The monoisotopic (exact) mass is 579 g/mol. The molecule has 0 radical (unpaired) electrons. The third-order valence-corrected chi connectivity index (χ3v) is 13.2. The average Bonchev–Trinajstić information content (AvgIpc) is 3.32. The number of ether oxygens (including phenoxy) is 1. The van der Waals surface area contributed by atoms with E-state index in [-0.39, 0.29) is 24.0 Å². The van der Waals surface area contributed by atoms with Crippen molar-refractivity contribution in [3.8, 4) is 0 Å². The van der Waals surface area contributed by atoms with E-state index < -0.39 is 26.6 Å². The molecule has 0 spiro atoms. The zero-order chi connectivity index (χ0) is 29.6. The minimum Gasteiger partial charge on any atom is -0.405 e. The van der Waals surface area contributed by atoms with Crippen LogP contribution in [0.2, 0.25) is 5.04 Å². The molecule has 5 rings (SSSR count). The standard InChI is InChI=1S/C36H41NO4Si/c1-36(2,3)42(30-20-12-6-13-21-30,31-22-14-7-15-23-31)41-27-32(38)35-33(40-26-29-18-10-5-11-19-29)24-34(39)37(35)25-28-16-8-4-9-17-28/h4-23,32-33,35,38H,24-27H2,1-3H3/t32-,33+,35+/m1/s1. The molecular weight excluding hydrogens is 538 g/mol. The molecule has 0 unspecified atom stereocenters. The lowest BCUT2D eigenvalue weighted by Gasteiger charge is -2.44. The van der Waals surface area contributed by atoms with Crippen molar-refractivity contribution < 1.29 is 19.1 Å². The summed E-state index contributed by atoms with van der Waals surface area (Å²) in [6.07, 6.45) is -1.18. The molecule has 1 N–H and O–H groups in total. The number of carbonyl (C=O) groups is 1. The Hall–Kier alpha value is -3.55. The van der Waals surface area contributed by atoms with Crippen molar-refractivity contribution in [2.75, 3.05) is 6.61 Å². The molecule has 0 aliphatic carbocycles. The fourth-order valence-corrected chi connectivity index (χ4v) is 10.8. The highest BCUT2D eigenvalue weighted by molar-refractivity contribution is 6.99. The Balaban J connectivity index is 1.46. The van der Waals surface area contributed by atoms with Crippen molar-refractivity contribution in [1.82, 2.24) is 4.90 Å². The van der Waals surface area contributed by atoms with Crippen LogP contribution in [0.5, 0.6) is 0 Å². The molecule has 0 bridgehead atoms. The molecule has 6 heteroatoms. The van der Waals surface area contributed by atoms with Crippen LogP contribution in [0.25, 0.3) is 0 Å². The molecule has 0 aromatic heterocycles. The largest absolute Gasteiger partial charge is 0.405 e. The summed E-state index contributed by atoms with van der Waals surface area (Å²) in [5.74, 6) is -0.0218. The molecular formula is C36H41NO4Si. The molecule has 4 aromatic carbocycles. The summed E-state index contributed by atoms with van der Waals surface area (Å²) in [6.45, 7) is 7.53. The van der Waals surface area contributed by atoms with Crippen LogP contribution in [0.4, 0.5) is 0 Å². The van der Waals surface area contributed by atoms with Crippen molar-refractivity contribution in [2.45, 2.75) is 63.6 Å². The molecule has 42 heavy (non-hydrogen) atoms. The number of aliphatic hydroxyl groups excluding tert-OH is 1. The summed E-state index contributed by atoms with van der Waals surface area (Å²) >= 11 is 0. The molecule has 1 aliphatic heterocycles. The van der Waals surface area contributed by atoms with Crippen molar-refractivity contribution in [3.05, 3.63) is 132 Å². The van der Waals surface area contributed by atoms with Crippen LogP contribution in [0.3, 0.4) is 0 Å². The van der Waals surface area contributed by atoms with Crippen LogP contribution in [-0.4, -0.2) is 49.1 Å². The van der Waals surface area contributed by atoms with Crippen LogP contribution in [0.1, 0.15) is 38.3 Å². The predicted molar refractivity (Wildman–Crippen MR) is 170 cm³/mol. The van der Waals surface area contributed by atoms with Gasteiger partial charge in [-0.1, -0.05) is 142 Å². The molecule has 1 saturated heterocycles. The first-order chi connectivity index (χ1) is 20.3. The van der Waals surface area contributed by atoms with Gasteiger partial charge in [0, 0.05) is 6.54 Å². The Morgan fingerprint density at radius 3 is 1.76 bits per heavy atom. The van der Waals surface area contributed by atoms with Gasteiger partial charge in [0.2, 0.25) is 5.91 Å². The van der Waals surface area contributed by atoms with E-state index in [9.17, 15) is 9.90 Å². The van der Waals surface area contributed by atoms with Crippen molar-refractivity contribution in [1.29, 1.82) is 0 Å². The van der Waals surface area contributed by atoms with Gasteiger partial charge in [0.1, 0.15) is 0 Å². The molecule has 1 aliphatic rings. The normalized spacial score (nSPS) is 18.3. The Bertz CT molecular complexity index is 1370. The molecule has 4 aromatic rings. The fourth-order valence-electron chi connectivity index (χ4n) is 6.21. The Morgan fingerprint density at radius 1 is 0.786 bits per heavy atom. The van der Waals surface area contributed by atoms with Gasteiger partial charge in [0.05, 0.1) is 37.9 Å². The van der Waals surface area contributed by atoms with Crippen LogP contribution in [0.15, 0.2) is 121 Å². The predicted octanol–water partition coefficient (Wildman–Crippen LogP) is 5.31. The second-order valence-corrected chi connectivity index (χ2v) is 16.4. The molecule has 1 heterocycles. The minimum absolute atomic E-state index is 0.0218. The Morgan fingerprint density at radius 2 is 1.26 bits per heavy atom. The first kappa shape index (κ1) is 29.9. The Kier molecular flexibility index (Phi) is 9.39. The van der Waals surface area contributed by atoms with Crippen LogP contribution < -0.4 is 10.4 Å². The zero-order valence-corrected chi connectivity index (χ0v) is 25.7. The first-order valence-corrected chi connectivity index (χ1v) is 16.6. The molecule has 3 atom stereocenters. The zero-order valence-electron chi connectivity index (χ0n) is 24.7. The highest BCUT2D eigenvalue weighted by Gasteiger charge is 2.52. The van der Waals surface area contributed by atoms with Crippen molar-refractivity contribution >= 4 is 24.6 Å². The highest BCUT2D eigenvalue weighted by atomic mass is 28.4. The smallest absolute Gasteiger partial charge is 0.261 e. The third kappa shape index (κ3) is 6.42. The van der Waals surface area contributed by atoms with E-state index >= 15 is 0 Å². The third-order valence-electron chi connectivity index (χ3n) is 8.22. The summed E-state index contributed by atoms with van der Waals surface area (Å²) in [5, 5.41) is 14.0. The summed E-state index contributed by atoms with van der Waals surface area (Å²) < 4.78 is 13.4. The van der Waals surface area contributed by atoms with Gasteiger partial charge in [-0.25, -0.2) is 0 Å². The number of hydrogen-bond donors (Lipinski definition) is 1. The van der Waals surface area contributed by atoms with Crippen LogP contribution >= 0.6 is 0 Å². The summed E-state index contributed by atoms with van der Waals surface area (Å²) in [5.41, 5.74) is 2.04. The maximum atomic E-state index is 13.4. The first-order valence-electron chi connectivity index (χ1n) is 14.7. The quantitative estimate of drug-likeness (QED) is 0.245. The lowest BCUT2D eigenvalue weighted by atomic mass is 10.1. The fraction of sp³-hybridized carbons (Fsp3) is 0.306. The second kappa shape index (κ2) is 13.2.